The Morgan fingerprint density at radius 1 is 1.19 bits per heavy atom. The fourth-order valence-corrected chi connectivity index (χ4v) is 3.94. The van der Waals surface area contributed by atoms with Crippen LogP contribution >= 0.6 is 0 Å². The van der Waals surface area contributed by atoms with Crippen LogP contribution in [0.1, 0.15) is 29.3 Å². The standard InChI is InChI=1S/C23H26N4O4/c1-16-14-21(29)31-23-18(16)4-5-19(22(23)17(2)28)30-13-3-8-26-9-11-27(12-10-26)20-15-24-6-7-25-20/h4-7,14-15H,3,8-13H2,1-2H3. The minimum absolute atomic E-state index is 0.186. The summed E-state index contributed by atoms with van der Waals surface area (Å²) >= 11 is 0. The Bertz CT molecular complexity index is 1120. The molecule has 0 radical (unpaired) electrons. The molecular formula is C23H26N4O4. The molecule has 1 aromatic carbocycles. The third-order valence-electron chi connectivity index (χ3n) is 5.56. The molecule has 0 saturated carbocycles. The van der Waals surface area contributed by atoms with Crippen LogP contribution in [0.5, 0.6) is 5.75 Å². The summed E-state index contributed by atoms with van der Waals surface area (Å²) in [5.41, 5.74) is 0.942. The summed E-state index contributed by atoms with van der Waals surface area (Å²) in [6.07, 6.45) is 6.02. The van der Waals surface area contributed by atoms with Crippen LogP contribution in [0.4, 0.5) is 5.82 Å². The normalized spacial score (nSPS) is 14.7. The number of piperazine rings is 1. The number of carbonyl (C=O) groups is 1. The lowest BCUT2D eigenvalue weighted by molar-refractivity contribution is 0.101. The number of ketones is 1. The van der Waals surface area contributed by atoms with Crippen LogP contribution in [0.2, 0.25) is 0 Å². The number of anilines is 1. The molecule has 0 aliphatic carbocycles. The summed E-state index contributed by atoms with van der Waals surface area (Å²) in [5, 5.41) is 0.748. The van der Waals surface area contributed by atoms with E-state index < -0.39 is 5.63 Å². The maximum atomic E-state index is 12.3. The number of nitrogens with zero attached hydrogens (tertiary/aromatic N) is 4. The monoisotopic (exact) mass is 422 g/mol. The van der Waals surface area contributed by atoms with E-state index in [1.54, 1.807) is 24.7 Å². The van der Waals surface area contributed by atoms with E-state index in [4.69, 9.17) is 9.15 Å². The molecule has 162 valence electrons. The van der Waals surface area contributed by atoms with E-state index in [0.29, 0.717) is 23.5 Å². The van der Waals surface area contributed by atoms with Crippen LogP contribution in [0.15, 0.2) is 46.0 Å². The summed E-state index contributed by atoms with van der Waals surface area (Å²) in [6.45, 7) is 8.41. The predicted molar refractivity (Wildman–Crippen MR) is 118 cm³/mol. The van der Waals surface area contributed by atoms with Crippen LogP contribution in [0, 0.1) is 6.92 Å². The molecule has 0 amide bonds. The number of rotatable bonds is 7. The second-order valence-electron chi connectivity index (χ2n) is 7.71. The first-order valence-electron chi connectivity index (χ1n) is 10.5. The van der Waals surface area contributed by atoms with Gasteiger partial charge in [-0.15, -0.1) is 0 Å². The number of carbonyl (C=O) groups excluding carboxylic acids is 1. The summed E-state index contributed by atoms with van der Waals surface area (Å²) in [5.74, 6) is 1.19. The fraction of sp³-hybridized carbons (Fsp3) is 0.391. The van der Waals surface area contributed by atoms with Crippen molar-refractivity contribution < 1.29 is 13.9 Å². The van der Waals surface area contributed by atoms with Gasteiger partial charge in [0, 0.05) is 56.6 Å². The average molecular weight is 422 g/mol. The zero-order valence-electron chi connectivity index (χ0n) is 17.8. The molecule has 3 heterocycles. The van der Waals surface area contributed by atoms with Gasteiger partial charge in [-0.3, -0.25) is 14.7 Å². The molecule has 3 aromatic rings. The fourth-order valence-electron chi connectivity index (χ4n) is 3.94. The molecule has 1 aliphatic rings. The Morgan fingerprint density at radius 3 is 2.71 bits per heavy atom. The van der Waals surface area contributed by atoms with E-state index in [9.17, 15) is 9.59 Å². The molecule has 0 bridgehead atoms. The molecule has 31 heavy (non-hydrogen) atoms. The third kappa shape index (κ3) is 4.74. The van der Waals surface area contributed by atoms with Gasteiger partial charge in [-0.1, -0.05) is 0 Å². The minimum Gasteiger partial charge on any atom is -0.493 e. The van der Waals surface area contributed by atoms with Gasteiger partial charge in [0.25, 0.3) is 0 Å². The van der Waals surface area contributed by atoms with Gasteiger partial charge in [0.2, 0.25) is 0 Å². The maximum Gasteiger partial charge on any atom is 0.336 e. The average Bonchev–Trinajstić information content (AvgIpc) is 2.77. The van der Waals surface area contributed by atoms with Crippen molar-refractivity contribution in [3.63, 3.8) is 0 Å². The number of benzene rings is 1. The highest BCUT2D eigenvalue weighted by molar-refractivity contribution is 6.07. The zero-order valence-corrected chi connectivity index (χ0v) is 17.8. The Balaban J connectivity index is 1.34. The number of aryl methyl sites for hydroxylation is 1. The molecule has 1 aliphatic heterocycles. The number of fused-ring (bicyclic) bond motifs is 1. The summed E-state index contributed by atoms with van der Waals surface area (Å²) < 4.78 is 11.3. The maximum absolute atomic E-state index is 12.3. The predicted octanol–water partition coefficient (Wildman–Crippen LogP) is 2.69. The van der Waals surface area contributed by atoms with Crippen molar-refractivity contribution in [2.45, 2.75) is 20.3 Å². The van der Waals surface area contributed by atoms with E-state index in [-0.39, 0.29) is 5.78 Å². The molecule has 0 atom stereocenters. The molecular weight excluding hydrogens is 396 g/mol. The van der Waals surface area contributed by atoms with E-state index >= 15 is 0 Å². The topological polar surface area (TPSA) is 88.8 Å². The van der Waals surface area contributed by atoms with Crippen LogP contribution < -0.4 is 15.3 Å². The molecule has 2 aromatic heterocycles. The summed E-state index contributed by atoms with van der Waals surface area (Å²) in [7, 11) is 0. The second kappa shape index (κ2) is 9.26. The summed E-state index contributed by atoms with van der Waals surface area (Å²) in [6, 6.07) is 5.05. The smallest absolute Gasteiger partial charge is 0.336 e. The van der Waals surface area contributed by atoms with Crippen molar-refractivity contribution in [2.24, 2.45) is 0 Å². The molecule has 0 unspecified atom stereocenters. The summed E-state index contributed by atoms with van der Waals surface area (Å²) in [4.78, 5) is 37.2. The second-order valence-corrected chi connectivity index (χ2v) is 7.71. The van der Waals surface area contributed by atoms with E-state index in [2.05, 4.69) is 19.8 Å². The largest absolute Gasteiger partial charge is 0.493 e. The molecule has 0 spiro atoms. The van der Waals surface area contributed by atoms with E-state index in [1.165, 1.54) is 13.0 Å². The van der Waals surface area contributed by atoms with Crippen molar-refractivity contribution in [1.29, 1.82) is 0 Å². The van der Waals surface area contributed by atoms with Gasteiger partial charge < -0.3 is 14.1 Å². The van der Waals surface area contributed by atoms with Crippen molar-refractivity contribution in [3.8, 4) is 5.75 Å². The first-order chi connectivity index (χ1) is 15.0. The van der Waals surface area contributed by atoms with Gasteiger partial charge in [-0.25, -0.2) is 9.78 Å². The van der Waals surface area contributed by atoms with E-state index in [1.807, 2.05) is 13.0 Å². The molecule has 1 saturated heterocycles. The van der Waals surface area contributed by atoms with Gasteiger partial charge >= 0.3 is 5.63 Å². The van der Waals surface area contributed by atoms with Gasteiger partial charge in [-0.2, -0.15) is 0 Å². The lowest BCUT2D eigenvalue weighted by Crippen LogP contribution is -2.47. The van der Waals surface area contributed by atoms with Crippen molar-refractivity contribution in [2.75, 3.05) is 44.2 Å². The highest BCUT2D eigenvalue weighted by Gasteiger charge is 2.19. The highest BCUT2D eigenvalue weighted by atomic mass is 16.5. The SMILES string of the molecule is CC(=O)c1c(OCCCN2CCN(c3cnccn3)CC2)ccc2c(C)cc(=O)oc12. The lowest BCUT2D eigenvalue weighted by Gasteiger charge is -2.35. The zero-order chi connectivity index (χ0) is 21.8. The van der Waals surface area contributed by atoms with Crippen LogP contribution in [-0.2, 0) is 0 Å². The molecule has 8 heteroatoms. The Morgan fingerprint density at radius 2 is 2.00 bits per heavy atom. The van der Waals surface area contributed by atoms with Gasteiger partial charge in [0.05, 0.1) is 12.8 Å². The van der Waals surface area contributed by atoms with Crippen LogP contribution in [0.3, 0.4) is 0 Å². The third-order valence-corrected chi connectivity index (χ3v) is 5.56. The van der Waals surface area contributed by atoms with Gasteiger partial charge in [-0.05, 0) is 38.0 Å². The quantitative estimate of drug-likeness (QED) is 0.326. The molecule has 8 nitrogen and oxygen atoms in total. The number of hydrogen-bond acceptors (Lipinski definition) is 8. The first kappa shape index (κ1) is 21.0. The van der Waals surface area contributed by atoms with Crippen molar-refractivity contribution in [3.05, 3.63) is 58.3 Å². The first-order valence-corrected chi connectivity index (χ1v) is 10.5. The molecule has 0 N–H and O–H groups in total. The van der Waals surface area contributed by atoms with Gasteiger partial charge in [0.1, 0.15) is 17.1 Å². The Labute approximate surface area is 180 Å². The van der Waals surface area contributed by atoms with Gasteiger partial charge in [0.15, 0.2) is 11.4 Å². The number of hydrogen-bond donors (Lipinski definition) is 0. The van der Waals surface area contributed by atoms with E-state index in [0.717, 1.165) is 55.9 Å². The Hall–Kier alpha value is -3.26. The number of aromatic nitrogens is 2. The van der Waals surface area contributed by atoms with Crippen LogP contribution in [-0.4, -0.2) is 60.0 Å². The molecule has 1 fully saturated rings. The van der Waals surface area contributed by atoms with Crippen molar-refractivity contribution in [1.82, 2.24) is 14.9 Å². The highest BCUT2D eigenvalue weighted by Crippen LogP contribution is 2.29. The minimum atomic E-state index is -0.467. The molecule has 4 rings (SSSR count). The Kier molecular flexibility index (Phi) is 6.27. The van der Waals surface area contributed by atoms with Crippen LogP contribution in [0.25, 0.3) is 11.0 Å². The van der Waals surface area contributed by atoms with Crippen molar-refractivity contribution >= 4 is 22.6 Å². The number of Topliss-reactive ketones (excluding diaryl/α,β-unsaturated/α-hetero) is 1. The number of ether oxygens (including phenoxy) is 1. The lowest BCUT2D eigenvalue weighted by atomic mass is 10.0.